The molecular formula is C48H61N3O12. The Balaban J connectivity index is 1.04. The normalized spacial score (nSPS) is 42.0. The average Bonchev–Trinajstić information content (AvgIpc) is 3.57. The molecule has 15 nitrogen and oxygen atoms in total. The first-order valence-electron chi connectivity index (χ1n) is 22.8. The van der Waals surface area contributed by atoms with Crippen molar-refractivity contribution in [1.82, 2.24) is 14.7 Å². The molecule has 0 unspecified atom stereocenters. The van der Waals surface area contributed by atoms with Crippen LogP contribution in [-0.4, -0.2) is 145 Å². The van der Waals surface area contributed by atoms with E-state index in [1.54, 1.807) is 26.8 Å². The summed E-state index contributed by atoms with van der Waals surface area (Å²) in [7, 11) is 5.93. The first-order chi connectivity index (χ1) is 30.0. The lowest BCUT2D eigenvalue weighted by Crippen LogP contribution is -2.65. The Bertz CT molecular complexity index is 2090. The van der Waals surface area contributed by atoms with Gasteiger partial charge in [-0.05, 0) is 54.4 Å². The molecule has 0 N–H and O–H groups in total. The van der Waals surface area contributed by atoms with Crippen LogP contribution in [0.1, 0.15) is 97.0 Å². The van der Waals surface area contributed by atoms with E-state index in [1.807, 2.05) is 51.5 Å². The zero-order valence-corrected chi connectivity index (χ0v) is 37.3. The van der Waals surface area contributed by atoms with Gasteiger partial charge in [-0.2, -0.15) is 0 Å². The van der Waals surface area contributed by atoms with Crippen LogP contribution >= 0.6 is 0 Å². The summed E-state index contributed by atoms with van der Waals surface area (Å²) in [5.74, 6) is -6.40. The second-order valence-electron chi connectivity index (χ2n) is 19.8. The van der Waals surface area contributed by atoms with Crippen LogP contribution in [0.15, 0.2) is 53.6 Å². The third kappa shape index (κ3) is 7.69. The van der Waals surface area contributed by atoms with Crippen molar-refractivity contribution in [2.45, 2.75) is 164 Å². The number of hydrogen-bond acceptors (Lipinski definition) is 15. The third-order valence-electron chi connectivity index (χ3n) is 16.4. The number of nitrogens with zero attached hydrogens (tertiary/aromatic N) is 3. The minimum Gasteiger partial charge on any atom is -0.462 e. The fourth-order valence-electron chi connectivity index (χ4n) is 12.7. The van der Waals surface area contributed by atoms with Crippen LogP contribution in [0.3, 0.4) is 0 Å². The first-order valence-corrected chi connectivity index (χ1v) is 22.8. The fraction of sp³-hybridized carbons (Fsp3) is 0.667. The summed E-state index contributed by atoms with van der Waals surface area (Å²) in [6.45, 7) is 6.70. The third-order valence-corrected chi connectivity index (χ3v) is 16.4. The molecule has 0 radical (unpaired) electrons. The van der Waals surface area contributed by atoms with Crippen molar-refractivity contribution in [3.8, 4) is 0 Å². The molecule has 0 aromatic heterocycles. The maximum atomic E-state index is 15.2. The minimum absolute atomic E-state index is 0.0125. The number of fused-ring (bicyclic) bond motifs is 7. The van der Waals surface area contributed by atoms with Gasteiger partial charge in [-0.25, -0.2) is 14.4 Å². The molecule has 1 aromatic rings. The molecule has 7 fully saturated rings. The summed E-state index contributed by atoms with van der Waals surface area (Å²) in [5.41, 5.74) is -0.311. The molecule has 15 heteroatoms. The monoisotopic (exact) mass is 871 g/mol. The molecule has 1 aliphatic carbocycles. The van der Waals surface area contributed by atoms with Crippen LogP contribution in [0, 0.1) is 17.3 Å². The predicted octanol–water partition coefficient (Wildman–Crippen LogP) is 4.02. The van der Waals surface area contributed by atoms with Gasteiger partial charge >= 0.3 is 35.8 Å². The lowest BCUT2D eigenvalue weighted by atomic mass is 9.45. The van der Waals surface area contributed by atoms with Crippen molar-refractivity contribution in [3.05, 3.63) is 59.2 Å². The average molecular weight is 872 g/mol. The number of esters is 6. The van der Waals surface area contributed by atoms with Crippen molar-refractivity contribution in [1.29, 1.82) is 0 Å². The number of likely N-dealkylation sites (N-methyl/N-ethyl adjacent to an activating group) is 3. The molecular weight excluding hydrogens is 811 g/mol. The summed E-state index contributed by atoms with van der Waals surface area (Å²) in [5, 5.41) is 0. The molecule has 8 aliphatic rings. The van der Waals surface area contributed by atoms with Gasteiger partial charge in [-0.1, -0.05) is 36.4 Å². The van der Waals surface area contributed by atoms with Gasteiger partial charge in [0, 0.05) is 99.1 Å². The standard InChI is InChI=1S/C48H61N3O12/c1-8-24(2)43(53)61-36-18-28-17-32(23-34(36)50(28)6)60-45(55)41-40(26-12-10-9-11-13-26)42-46(56)62-37-19-27-15-30(21-33(37)49(27)5)58-39(52)14-25(3)44(54)59-31-16-29-20-38(35(22-31)51(29)7)63-47(57)48(41,42)4/h8-14,27-38,40-42H,15-23H2,1-7H3/t27-,28-,29-,30-,31-,32-,33+,34+,35+,36-,37-,38-,40-,41-,42-,48+/m1/s1. The maximum absolute atomic E-state index is 15.2. The Morgan fingerprint density at radius 1 is 0.730 bits per heavy atom. The van der Waals surface area contributed by atoms with Crippen molar-refractivity contribution < 1.29 is 57.2 Å². The fourth-order valence-corrected chi connectivity index (χ4v) is 12.7. The van der Waals surface area contributed by atoms with E-state index in [0.717, 1.165) is 0 Å². The number of allylic oxidation sites excluding steroid dienone is 1. The van der Waals surface area contributed by atoms with Gasteiger partial charge < -0.3 is 28.4 Å². The number of carbonyl (C=O) groups is 6. The van der Waals surface area contributed by atoms with Crippen LogP contribution in [0.5, 0.6) is 0 Å². The van der Waals surface area contributed by atoms with Crippen LogP contribution in [0.25, 0.3) is 0 Å². The minimum atomic E-state index is -1.68. The number of ether oxygens (including phenoxy) is 6. The van der Waals surface area contributed by atoms with E-state index in [-0.39, 0.29) is 53.9 Å². The summed E-state index contributed by atoms with van der Waals surface area (Å²) in [4.78, 5) is 90.8. The largest absolute Gasteiger partial charge is 0.462 e. The van der Waals surface area contributed by atoms with Gasteiger partial charge in [0.15, 0.2) is 0 Å². The number of benzene rings is 1. The van der Waals surface area contributed by atoms with Gasteiger partial charge in [0.25, 0.3) is 0 Å². The zero-order chi connectivity index (χ0) is 44.6. The van der Waals surface area contributed by atoms with Crippen LogP contribution in [0.2, 0.25) is 0 Å². The topological polar surface area (TPSA) is 168 Å². The molecule has 6 saturated heterocycles. The van der Waals surface area contributed by atoms with E-state index in [4.69, 9.17) is 28.4 Å². The number of carbonyl (C=O) groups excluding carboxylic acids is 6. The van der Waals surface area contributed by atoms with E-state index in [9.17, 15) is 24.0 Å². The molecule has 9 rings (SSSR count). The molecule has 1 saturated carbocycles. The van der Waals surface area contributed by atoms with Crippen LogP contribution < -0.4 is 0 Å². The second kappa shape index (κ2) is 16.8. The van der Waals surface area contributed by atoms with Gasteiger partial charge in [0.2, 0.25) is 0 Å². The molecule has 0 amide bonds. The summed E-state index contributed by atoms with van der Waals surface area (Å²) in [6.07, 6.45) is 4.29. The molecule has 340 valence electrons. The Labute approximate surface area is 368 Å². The summed E-state index contributed by atoms with van der Waals surface area (Å²) < 4.78 is 37.2. The van der Waals surface area contributed by atoms with Crippen molar-refractivity contribution in [3.63, 3.8) is 0 Å². The highest BCUT2D eigenvalue weighted by Gasteiger charge is 2.72. The molecule has 7 heterocycles. The highest BCUT2D eigenvalue weighted by Crippen LogP contribution is 2.63. The maximum Gasteiger partial charge on any atom is 0.334 e. The molecule has 0 spiro atoms. The van der Waals surface area contributed by atoms with E-state index in [0.29, 0.717) is 68.9 Å². The SMILES string of the molecule is CC=C(C)C(=O)O[C@@H]1C[C@H]2C[C@@H](OC(=O)[C@H]3[C@@H](c4ccccc4)[C@@H]4C(=O)O[C@@H]5C[C@H]6C[C@H](C[C@@H]5N6C)OC(=O)C=C(C)C(=O)O[C@@H]5C[C@@H]6C[C@@H](OC(=O)[C@@]34C)[C@H](C5)N6C)C[C@@H]1N2C. The quantitative estimate of drug-likeness (QED) is 0.236. The van der Waals surface area contributed by atoms with Crippen LogP contribution in [-0.2, 0) is 57.2 Å². The van der Waals surface area contributed by atoms with E-state index >= 15 is 4.79 Å². The highest BCUT2D eigenvalue weighted by atomic mass is 16.6. The second-order valence-corrected chi connectivity index (χ2v) is 19.8. The number of piperidine rings is 3. The molecule has 7 aliphatic heterocycles. The van der Waals surface area contributed by atoms with Gasteiger partial charge in [0.05, 0.1) is 35.4 Å². The smallest absolute Gasteiger partial charge is 0.334 e. The predicted molar refractivity (Wildman–Crippen MR) is 224 cm³/mol. The Morgan fingerprint density at radius 2 is 1.33 bits per heavy atom. The zero-order valence-electron chi connectivity index (χ0n) is 37.3. The Kier molecular flexibility index (Phi) is 11.6. The molecule has 8 bridgehead atoms. The Hall–Kier alpha value is -4.60. The van der Waals surface area contributed by atoms with Crippen molar-refractivity contribution in [2.75, 3.05) is 21.1 Å². The lowest BCUT2D eigenvalue weighted by Gasteiger charge is -2.55. The van der Waals surface area contributed by atoms with Crippen molar-refractivity contribution >= 4 is 35.8 Å². The van der Waals surface area contributed by atoms with Gasteiger partial charge in [-0.15, -0.1) is 0 Å². The molecule has 63 heavy (non-hydrogen) atoms. The van der Waals surface area contributed by atoms with Crippen LogP contribution in [0.4, 0.5) is 0 Å². The van der Waals surface area contributed by atoms with E-state index in [2.05, 4.69) is 14.7 Å². The lowest BCUT2D eigenvalue weighted by molar-refractivity contribution is -0.210. The highest BCUT2D eigenvalue weighted by molar-refractivity contribution is 5.97. The van der Waals surface area contributed by atoms with Gasteiger partial charge in [-0.3, -0.25) is 29.1 Å². The van der Waals surface area contributed by atoms with E-state index < -0.39 is 83.5 Å². The first kappa shape index (κ1) is 43.6. The summed E-state index contributed by atoms with van der Waals surface area (Å²) >= 11 is 0. The summed E-state index contributed by atoms with van der Waals surface area (Å²) in [6, 6.07) is 8.45. The molecule has 16 atom stereocenters. The van der Waals surface area contributed by atoms with Gasteiger partial charge in [0.1, 0.15) is 36.6 Å². The van der Waals surface area contributed by atoms with E-state index in [1.165, 1.54) is 13.0 Å². The molecule has 1 aromatic carbocycles. The number of rotatable bonds is 5. The number of hydrogen-bond donors (Lipinski definition) is 0. The van der Waals surface area contributed by atoms with Crippen molar-refractivity contribution in [2.24, 2.45) is 17.3 Å². The Morgan fingerprint density at radius 3 is 1.98 bits per heavy atom.